The Labute approximate surface area is 155 Å². The van der Waals surface area contributed by atoms with Crippen LogP contribution in [0.5, 0.6) is 5.75 Å². The number of aryl methyl sites for hydroxylation is 2. The highest BCUT2D eigenvalue weighted by Gasteiger charge is 2.36. The predicted molar refractivity (Wildman–Crippen MR) is 82.1 cm³/mol. The van der Waals surface area contributed by atoms with Crippen molar-refractivity contribution in [2.45, 2.75) is 19.4 Å². The zero-order valence-electron chi connectivity index (χ0n) is 13.6. The molecule has 0 heterocycles. The van der Waals surface area contributed by atoms with E-state index in [-0.39, 0.29) is 21.2 Å². The smallest absolute Gasteiger partial charge is 0.485 e. The Bertz CT molecular complexity index is 783. The number of ether oxygens (including phenoxy) is 1. The molecule has 2 rings (SSSR count). The average Bonchev–Trinajstić information content (AvgIpc) is 2.50. The van der Waals surface area contributed by atoms with Crippen LogP contribution in [0.15, 0.2) is 42.5 Å². The number of rotatable bonds is 3. The van der Waals surface area contributed by atoms with Crippen molar-refractivity contribution in [1.29, 1.82) is 0 Å². The number of halogens is 4. The second-order valence-electron chi connectivity index (χ2n) is 4.86. The van der Waals surface area contributed by atoms with Gasteiger partial charge in [0, 0.05) is 11.1 Å². The van der Waals surface area contributed by atoms with E-state index in [0.29, 0.717) is 0 Å². The molecule has 25 heavy (non-hydrogen) atoms. The van der Waals surface area contributed by atoms with E-state index in [0.717, 1.165) is 5.75 Å². The van der Waals surface area contributed by atoms with Crippen LogP contribution in [-0.4, -0.2) is 25.6 Å². The van der Waals surface area contributed by atoms with Crippen molar-refractivity contribution in [1.82, 2.24) is 0 Å². The van der Waals surface area contributed by atoms with Gasteiger partial charge < -0.3 is 9.29 Å². The number of hydrogen-bond acceptors (Lipinski definition) is 4. The van der Waals surface area contributed by atoms with E-state index in [1.165, 1.54) is 18.3 Å². The molecule has 0 unspecified atom stereocenters. The lowest BCUT2D eigenvalue weighted by atomic mass is 10.2. The van der Waals surface area contributed by atoms with Crippen LogP contribution in [-0.2, 0) is 10.1 Å². The van der Waals surface area contributed by atoms with Crippen molar-refractivity contribution >= 4 is 10.1 Å². The van der Waals surface area contributed by atoms with Gasteiger partial charge >= 0.3 is 26.7 Å². The van der Waals surface area contributed by atoms with Crippen LogP contribution in [0.25, 0.3) is 0 Å². The van der Waals surface area contributed by atoms with Gasteiger partial charge in [0.2, 0.25) is 0 Å². The molecule has 0 amide bonds. The van der Waals surface area contributed by atoms with Gasteiger partial charge in [-0.25, -0.2) is 8.42 Å². The topological polar surface area (TPSA) is 66.4 Å². The van der Waals surface area contributed by atoms with Crippen molar-refractivity contribution in [2.75, 3.05) is 7.11 Å². The highest BCUT2D eigenvalue weighted by atomic mass is 127. The molecule has 0 aliphatic heterocycles. The molecule has 0 atom stereocenters. The summed E-state index contributed by atoms with van der Waals surface area (Å²) in [4.78, 5) is 0. The molecule has 2 aromatic carbocycles. The molecule has 0 N–H and O–H groups in total. The Morgan fingerprint density at radius 2 is 1.44 bits per heavy atom. The SMILES string of the molecule is COc1ccc([I+]c2c(C)cccc2C)cc1.O=S(=O)([O-])C(F)(F)F. The van der Waals surface area contributed by atoms with Gasteiger partial charge in [0.25, 0.3) is 0 Å². The summed E-state index contributed by atoms with van der Waals surface area (Å²) in [6, 6.07) is 15.0. The monoisotopic (exact) mass is 488 g/mol. The van der Waals surface area contributed by atoms with Gasteiger partial charge in [0.05, 0.1) is 7.11 Å². The van der Waals surface area contributed by atoms with Crippen LogP contribution < -0.4 is 25.9 Å². The van der Waals surface area contributed by atoms with E-state index >= 15 is 0 Å². The van der Waals surface area contributed by atoms with E-state index in [1.54, 1.807) is 7.11 Å². The summed E-state index contributed by atoms with van der Waals surface area (Å²) in [7, 11) is -4.39. The van der Waals surface area contributed by atoms with Gasteiger partial charge in [0.15, 0.2) is 17.3 Å². The lowest BCUT2D eigenvalue weighted by molar-refractivity contribution is -0.598. The predicted octanol–water partition coefficient (Wildman–Crippen LogP) is 0.492. The highest BCUT2D eigenvalue weighted by Crippen LogP contribution is 2.20. The average molecular weight is 488 g/mol. The van der Waals surface area contributed by atoms with E-state index in [2.05, 4.69) is 44.2 Å². The first kappa shape index (κ1) is 21.7. The molecule has 0 aromatic heterocycles. The minimum Gasteiger partial charge on any atom is -0.741 e. The van der Waals surface area contributed by atoms with Crippen LogP contribution in [0.1, 0.15) is 11.1 Å². The fourth-order valence-electron chi connectivity index (χ4n) is 1.69. The molecule has 0 aliphatic rings. The largest absolute Gasteiger partial charge is 0.741 e. The number of hydrogen-bond donors (Lipinski definition) is 0. The molecule has 0 radical (unpaired) electrons. The van der Waals surface area contributed by atoms with Crippen LogP contribution >= 0.6 is 0 Å². The lowest BCUT2D eigenvalue weighted by Crippen LogP contribution is -3.62. The summed E-state index contributed by atoms with van der Waals surface area (Å²) in [5, 5.41) is 0. The highest BCUT2D eigenvalue weighted by molar-refractivity contribution is 7.86. The lowest BCUT2D eigenvalue weighted by Gasteiger charge is -2.08. The standard InChI is InChI=1S/C15H16IO.CHF3O3S/c1-11-5-4-6-12(2)15(11)16-13-7-9-14(17-3)10-8-13;2-1(3,4)8(5,6)7/h4-10H,1-3H3;(H,5,6,7)/q+1;/p-1. The van der Waals surface area contributed by atoms with E-state index in [9.17, 15) is 13.2 Å². The normalized spacial score (nSPS) is 11.5. The third-order valence-corrected chi connectivity index (χ3v) is 7.07. The molecule has 0 fully saturated rings. The fraction of sp³-hybridized carbons (Fsp3) is 0.250. The maximum absolute atomic E-state index is 10.7. The van der Waals surface area contributed by atoms with Gasteiger partial charge in [-0.15, -0.1) is 0 Å². The third-order valence-electron chi connectivity index (χ3n) is 2.92. The quantitative estimate of drug-likeness (QED) is 0.359. The molecule has 0 bridgehead atoms. The Morgan fingerprint density at radius 3 is 1.80 bits per heavy atom. The minimum absolute atomic E-state index is 0.0884. The summed E-state index contributed by atoms with van der Waals surface area (Å²) >= 11 is -0.0884. The Hall–Kier alpha value is -1.33. The van der Waals surface area contributed by atoms with Crippen LogP contribution in [0.3, 0.4) is 0 Å². The maximum Gasteiger partial charge on any atom is 0.485 e. The molecule has 0 spiro atoms. The first-order chi connectivity index (χ1) is 11.5. The second-order valence-corrected chi connectivity index (χ2v) is 9.09. The zero-order chi connectivity index (χ0) is 19.3. The van der Waals surface area contributed by atoms with Crippen LogP contribution in [0.2, 0.25) is 0 Å². The first-order valence-corrected chi connectivity index (χ1v) is 10.4. The molecular formula is C16H16F3IO4S. The van der Waals surface area contributed by atoms with Crippen molar-refractivity contribution in [3.63, 3.8) is 0 Å². The summed E-state index contributed by atoms with van der Waals surface area (Å²) in [5.74, 6) is 0.930. The maximum atomic E-state index is 10.7. The van der Waals surface area contributed by atoms with Gasteiger partial charge in [-0.3, -0.25) is 0 Å². The summed E-state index contributed by atoms with van der Waals surface area (Å²) in [5.41, 5.74) is -2.82. The van der Waals surface area contributed by atoms with E-state index < -0.39 is 15.6 Å². The van der Waals surface area contributed by atoms with Crippen molar-refractivity contribution in [3.05, 3.63) is 60.7 Å². The first-order valence-electron chi connectivity index (χ1n) is 6.83. The molecule has 4 nitrogen and oxygen atoms in total. The Kier molecular flexibility index (Phi) is 7.69. The van der Waals surface area contributed by atoms with Gasteiger partial charge in [0.1, 0.15) is 5.75 Å². The van der Waals surface area contributed by atoms with Crippen molar-refractivity contribution in [3.8, 4) is 5.75 Å². The second kappa shape index (κ2) is 8.86. The van der Waals surface area contributed by atoms with Gasteiger partial charge in [-0.1, -0.05) is 18.2 Å². The molecule has 0 aliphatic carbocycles. The zero-order valence-corrected chi connectivity index (χ0v) is 16.6. The summed E-state index contributed by atoms with van der Waals surface area (Å²) in [6.45, 7) is 4.40. The molecular weight excluding hydrogens is 472 g/mol. The van der Waals surface area contributed by atoms with E-state index in [4.69, 9.17) is 17.7 Å². The Balaban J connectivity index is 0.000000333. The van der Waals surface area contributed by atoms with Crippen LogP contribution in [0, 0.1) is 21.0 Å². The van der Waals surface area contributed by atoms with Crippen LogP contribution in [0.4, 0.5) is 13.2 Å². The van der Waals surface area contributed by atoms with E-state index in [1.807, 2.05) is 12.1 Å². The molecule has 9 heteroatoms. The van der Waals surface area contributed by atoms with Gasteiger partial charge in [-0.2, -0.15) is 13.2 Å². The molecule has 138 valence electrons. The number of benzene rings is 2. The number of methoxy groups -OCH3 is 1. The number of alkyl halides is 3. The summed E-state index contributed by atoms with van der Waals surface area (Å²) < 4.78 is 67.1. The minimum atomic E-state index is -6.09. The van der Waals surface area contributed by atoms with Crippen molar-refractivity contribution in [2.24, 2.45) is 0 Å². The third kappa shape index (κ3) is 6.83. The molecule has 0 saturated heterocycles. The summed E-state index contributed by atoms with van der Waals surface area (Å²) in [6.07, 6.45) is 0. The molecule has 0 saturated carbocycles. The Morgan fingerprint density at radius 1 is 1.00 bits per heavy atom. The fourth-order valence-corrected chi connectivity index (χ4v) is 4.24. The molecule has 2 aromatic rings. The van der Waals surface area contributed by atoms with Gasteiger partial charge in [-0.05, 0) is 38.1 Å². The van der Waals surface area contributed by atoms with Crippen molar-refractivity contribution < 1.29 is 52.1 Å².